The number of aromatic hydroxyl groups is 1. The van der Waals surface area contributed by atoms with E-state index in [1.54, 1.807) is 12.1 Å². The van der Waals surface area contributed by atoms with Gasteiger partial charge in [0.25, 0.3) is 0 Å². The molecule has 0 radical (unpaired) electrons. The highest BCUT2D eigenvalue weighted by Crippen LogP contribution is 2.24. The van der Waals surface area contributed by atoms with E-state index < -0.39 is 47.8 Å². The molecule has 0 spiro atoms. The zero-order chi connectivity index (χ0) is 34.7. The van der Waals surface area contributed by atoms with Gasteiger partial charge in [0.15, 0.2) is 5.96 Å². The van der Waals surface area contributed by atoms with E-state index in [0.717, 1.165) is 27.8 Å². The normalized spacial score (nSPS) is 16.3. The van der Waals surface area contributed by atoms with Gasteiger partial charge in [-0.3, -0.25) is 24.2 Å². The first-order valence-corrected chi connectivity index (χ1v) is 15.9. The van der Waals surface area contributed by atoms with Crippen LogP contribution in [0.15, 0.2) is 41.4 Å². The Hall–Kier alpha value is -4.69. The number of phenols is 1. The predicted molar refractivity (Wildman–Crippen MR) is 180 cm³/mol. The fourth-order valence-electron chi connectivity index (χ4n) is 5.92. The van der Waals surface area contributed by atoms with Crippen molar-refractivity contribution in [1.82, 2.24) is 15.5 Å². The molecule has 14 nitrogen and oxygen atoms in total. The van der Waals surface area contributed by atoms with Gasteiger partial charge in [-0.25, -0.2) is 0 Å². The minimum absolute atomic E-state index is 0.102. The fourth-order valence-corrected chi connectivity index (χ4v) is 5.92. The van der Waals surface area contributed by atoms with Crippen molar-refractivity contribution in [2.75, 3.05) is 13.1 Å². The molecule has 0 fully saturated rings. The molecule has 0 saturated carbocycles. The molecule has 14 heteroatoms. The average molecular weight is 652 g/mol. The van der Waals surface area contributed by atoms with Gasteiger partial charge in [-0.2, -0.15) is 0 Å². The topological polar surface area (TPSA) is 258 Å². The van der Waals surface area contributed by atoms with Crippen LogP contribution in [0, 0.1) is 13.8 Å². The van der Waals surface area contributed by atoms with E-state index in [0.29, 0.717) is 32.2 Å². The number of hydrogen-bond acceptors (Lipinski definition) is 8. The number of rotatable bonds is 16. The first kappa shape index (κ1) is 36.8. The van der Waals surface area contributed by atoms with E-state index in [2.05, 4.69) is 15.6 Å². The van der Waals surface area contributed by atoms with Crippen LogP contribution < -0.4 is 39.3 Å². The summed E-state index contributed by atoms with van der Waals surface area (Å²) in [5.41, 5.74) is 32.7. The Morgan fingerprint density at radius 3 is 2.28 bits per heavy atom. The molecule has 0 unspecified atom stereocenters. The van der Waals surface area contributed by atoms with Crippen LogP contribution in [0.4, 0.5) is 0 Å². The highest BCUT2D eigenvalue weighted by molar-refractivity contribution is 5.95. The SMILES string of the molecule is Cc1cc(O)cc(C)c1C[C@H](N)C(=O)N[C@H](CCCN=C(N)N)C(=O)N[C@H]1Cc2ccccc2CN([C@@H](CCCCN)C(N)=O)C1=O. The molecule has 4 amide bonds. The molecule has 0 saturated heterocycles. The summed E-state index contributed by atoms with van der Waals surface area (Å²) in [6.45, 7) is 4.44. The molecule has 1 aliphatic heterocycles. The van der Waals surface area contributed by atoms with Crippen LogP contribution in [0.25, 0.3) is 0 Å². The summed E-state index contributed by atoms with van der Waals surface area (Å²) < 4.78 is 0. The molecule has 2 aromatic rings. The van der Waals surface area contributed by atoms with Crippen molar-refractivity contribution in [2.45, 2.75) is 89.5 Å². The quantitative estimate of drug-likeness (QED) is 0.0658. The third kappa shape index (κ3) is 10.4. The largest absolute Gasteiger partial charge is 0.508 e. The zero-order valence-corrected chi connectivity index (χ0v) is 27.2. The van der Waals surface area contributed by atoms with Gasteiger partial charge in [-0.05, 0) is 98.9 Å². The number of carbonyl (C=O) groups is 4. The van der Waals surface area contributed by atoms with Crippen molar-refractivity contribution in [3.05, 3.63) is 64.2 Å². The third-order valence-corrected chi connectivity index (χ3v) is 8.44. The Balaban J connectivity index is 1.85. The summed E-state index contributed by atoms with van der Waals surface area (Å²) in [5, 5.41) is 15.5. The number of primary amides is 1. The Bertz CT molecular complexity index is 1440. The van der Waals surface area contributed by atoms with Gasteiger partial charge in [0.05, 0.1) is 6.04 Å². The van der Waals surface area contributed by atoms with Crippen molar-refractivity contribution in [1.29, 1.82) is 0 Å². The van der Waals surface area contributed by atoms with Crippen molar-refractivity contribution < 1.29 is 24.3 Å². The van der Waals surface area contributed by atoms with Gasteiger partial charge in [-0.1, -0.05) is 24.3 Å². The minimum atomic E-state index is -1.07. The standard InChI is InChI=1S/C33H49N9O5/c1-19-14-23(43)15-20(2)24(19)17-25(35)30(45)40-26(10-7-13-39-33(37)38)31(46)41-27-16-21-8-3-4-9-22(21)18-42(32(27)47)28(29(36)44)11-5-6-12-34/h3-4,8-9,14-15,25-28,43H,5-7,10-13,16-18,34-35H2,1-2H3,(H2,36,44)(H,40,45)(H,41,46)(H4,37,38,39)/t25-,26+,27-,28-/m0/s1. The van der Waals surface area contributed by atoms with Crippen LogP contribution >= 0.6 is 0 Å². The van der Waals surface area contributed by atoms with Crippen molar-refractivity contribution in [3.63, 3.8) is 0 Å². The molecule has 1 heterocycles. The molecule has 1 aliphatic rings. The highest BCUT2D eigenvalue weighted by atomic mass is 16.3. The minimum Gasteiger partial charge on any atom is -0.508 e. The number of unbranched alkanes of at least 4 members (excludes halogenated alkanes) is 1. The number of carbonyl (C=O) groups excluding carboxylic acids is 4. The van der Waals surface area contributed by atoms with Crippen molar-refractivity contribution in [2.24, 2.45) is 33.7 Å². The zero-order valence-electron chi connectivity index (χ0n) is 27.2. The van der Waals surface area contributed by atoms with E-state index in [9.17, 15) is 24.3 Å². The summed E-state index contributed by atoms with van der Waals surface area (Å²) >= 11 is 0. The highest BCUT2D eigenvalue weighted by Gasteiger charge is 2.37. The number of nitrogens with zero attached hydrogens (tertiary/aromatic N) is 2. The number of phenolic OH excluding ortho intramolecular Hbond substituents is 1. The molecule has 0 bridgehead atoms. The fraction of sp³-hybridized carbons (Fsp3) is 0.485. The van der Waals surface area contributed by atoms with Gasteiger partial charge >= 0.3 is 0 Å². The first-order valence-electron chi connectivity index (χ1n) is 15.9. The Morgan fingerprint density at radius 2 is 1.66 bits per heavy atom. The Morgan fingerprint density at radius 1 is 1.00 bits per heavy atom. The lowest BCUT2D eigenvalue weighted by Crippen LogP contribution is -2.58. The van der Waals surface area contributed by atoms with Gasteiger partial charge in [0, 0.05) is 19.5 Å². The molecule has 3 rings (SSSR count). The lowest BCUT2D eigenvalue weighted by atomic mass is 9.95. The second kappa shape index (κ2) is 17.3. The predicted octanol–water partition coefficient (Wildman–Crippen LogP) is -0.530. The second-order valence-corrected chi connectivity index (χ2v) is 12.1. The number of guanidine groups is 1. The van der Waals surface area contributed by atoms with E-state index in [1.165, 1.54) is 4.90 Å². The van der Waals surface area contributed by atoms with Crippen LogP contribution in [-0.2, 0) is 38.6 Å². The summed E-state index contributed by atoms with van der Waals surface area (Å²) in [6, 6.07) is 6.64. The molecule has 47 heavy (non-hydrogen) atoms. The maximum Gasteiger partial charge on any atom is 0.246 e. The number of nitrogens with one attached hydrogen (secondary N) is 2. The van der Waals surface area contributed by atoms with Gasteiger partial charge < -0.3 is 49.3 Å². The molecule has 256 valence electrons. The number of aryl methyl sites for hydroxylation is 2. The Labute approximate surface area is 275 Å². The number of benzene rings is 2. The van der Waals surface area contributed by atoms with E-state index in [4.69, 9.17) is 28.7 Å². The summed E-state index contributed by atoms with van der Waals surface area (Å²) in [5.74, 6) is -2.24. The number of fused-ring (bicyclic) bond motifs is 1. The summed E-state index contributed by atoms with van der Waals surface area (Å²) in [7, 11) is 0. The third-order valence-electron chi connectivity index (χ3n) is 8.44. The van der Waals surface area contributed by atoms with Gasteiger partial charge in [0.2, 0.25) is 23.6 Å². The van der Waals surface area contributed by atoms with E-state index in [-0.39, 0.29) is 44.1 Å². The molecule has 4 atom stereocenters. The number of nitrogens with two attached hydrogens (primary N) is 5. The molecule has 13 N–H and O–H groups in total. The average Bonchev–Trinajstić information content (AvgIpc) is 3.14. The lowest BCUT2D eigenvalue weighted by molar-refractivity contribution is -0.143. The molecule has 2 aromatic carbocycles. The maximum atomic E-state index is 14.0. The number of amides is 4. The molecule has 0 aliphatic carbocycles. The first-order chi connectivity index (χ1) is 22.3. The van der Waals surface area contributed by atoms with Crippen LogP contribution in [-0.4, -0.2) is 76.9 Å². The van der Waals surface area contributed by atoms with Crippen LogP contribution in [0.1, 0.15) is 59.9 Å². The molecule has 0 aromatic heterocycles. The Kier molecular flexibility index (Phi) is 13.5. The smallest absolute Gasteiger partial charge is 0.246 e. The van der Waals surface area contributed by atoms with Crippen LogP contribution in [0.5, 0.6) is 5.75 Å². The van der Waals surface area contributed by atoms with Crippen molar-refractivity contribution >= 4 is 29.6 Å². The maximum absolute atomic E-state index is 14.0. The van der Waals surface area contributed by atoms with Crippen molar-refractivity contribution in [3.8, 4) is 5.75 Å². The lowest BCUT2D eigenvalue weighted by Gasteiger charge is -2.32. The summed E-state index contributed by atoms with van der Waals surface area (Å²) in [6.07, 6.45) is 2.46. The van der Waals surface area contributed by atoms with Gasteiger partial charge in [-0.15, -0.1) is 0 Å². The number of hydrogen-bond donors (Lipinski definition) is 8. The van der Waals surface area contributed by atoms with E-state index >= 15 is 0 Å². The van der Waals surface area contributed by atoms with Gasteiger partial charge in [0.1, 0.15) is 23.9 Å². The monoisotopic (exact) mass is 651 g/mol. The second-order valence-electron chi connectivity index (χ2n) is 12.1. The molecular weight excluding hydrogens is 602 g/mol. The van der Waals surface area contributed by atoms with E-state index in [1.807, 2.05) is 38.1 Å². The molecular formula is C33H49N9O5. The summed E-state index contributed by atoms with van der Waals surface area (Å²) in [4.78, 5) is 59.2. The number of aliphatic imine (C=N–C) groups is 1. The van der Waals surface area contributed by atoms with Crippen LogP contribution in [0.3, 0.4) is 0 Å². The van der Waals surface area contributed by atoms with Crippen LogP contribution in [0.2, 0.25) is 0 Å².